The minimum absolute atomic E-state index is 0.368. The molecule has 2 heterocycles. The van der Waals surface area contributed by atoms with Gasteiger partial charge in [-0.05, 0) is 25.0 Å². The number of carbonyl (C=O) groups is 1. The fraction of sp³-hybridized carbons (Fsp3) is 0.357. The Bertz CT molecular complexity index is 585. The highest BCUT2D eigenvalue weighted by Crippen LogP contribution is 2.30. The van der Waals surface area contributed by atoms with E-state index in [1.54, 1.807) is 12.3 Å². The van der Waals surface area contributed by atoms with Crippen LogP contribution in [0.15, 0.2) is 24.5 Å². The molecule has 1 aliphatic carbocycles. The summed E-state index contributed by atoms with van der Waals surface area (Å²) in [5.74, 6) is -0.397. The number of halogens is 1. The van der Waals surface area contributed by atoms with Gasteiger partial charge in [0.15, 0.2) is 6.29 Å². The van der Waals surface area contributed by atoms with Gasteiger partial charge in [0, 0.05) is 6.20 Å². The molecule has 2 aromatic heterocycles. The monoisotopic (exact) mass is 259 g/mol. The Morgan fingerprint density at radius 2 is 2.11 bits per heavy atom. The Labute approximate surface area is 110 Å². The lowest BCUT2D eigenvalue weighted by Gasteiger charge is -2.08. The summed E-state index contributed by atoms with van der Waals surface area (Å²) in [6, 6.07) is 3.24. The zero-order valence-corrected chi connectivity index (χ0v) is 10.4. The van der Waals surface area contributed by atoms with E-state index in [4.69, 9.17) is 0 Å². The molecule has 4 nitrogen and oxygen atoms in total. The molecule has 0 unspecified atom stereocenters. The largest absolute Gasteiger partial charge is 0.298 e. The molecule has 0 amide bonds. The molecule has 0 aliphatic heterocycles. The maximum Gasteiger partial charge on any atom is 0.153 e. The second-order valence-electron chi connectivity index (χ2n) is 4.83. The lowest BCUT2D eigenvalue weighted by atomic mass is 10.2. The minimum Gasteiger partial charge on any atom is -0.298 e. The zero-order valence-electron chi connectivity index (χ0n) is 10.4. The molecule has 0 saturated heterocycles. The van der Waals surface area contributed by atoms with Gasteiger partial charge >= 0.3 is 0 Å². The molecule has 3 rings (SSSR count). The van der Waals surface area contributed by atoms with Crippen molar-refractivity contribution >= 4 is 6.29 Å². The van der Waals surface area contributed by atoms with Crippen molar-refractivity contribution in [1.82, 2.24) is 14.8 Å². The maximum atomic E-state index is 12.9. The van der Waals surface area contributed by atoms with Crippen LogP contribution in [0, 0.1) is 5.82 Å². The lowest BCUT2D eigenvalue weighted by Crippen LogP contribution is -2.05. The number of aldehydes is 1. The normalized spacial score (nSPS) is 15.8. The van der Waals surface area contributed by atoms with Crippen LogP contribution < -0.4 is 0 Å². The van der Waals surface area contributed by atoms with Crippen molar-refractivity contribution in [3.63, 3.8) is 0 Å². The molecule has 0 bridgehead atoms. The summed E-state index contributed by atoms with van der Waals surface area (Å²) >= 11 is 0. The lowest BCUT2D eigenvalue weighted by molar-refractivity contribution is 0.112. The average molecular weight is 259 g/mol. The molecule has 0 spiro atoms. The van der Waals surface area contributed by atoms with Gasteiger partial charge in [-0.15, -0.1) is 0 Å². The quantitative estimate of drug-likeness (QED) is 0.796. The number of pyridine rings is 1. The van der Waals surface area contributed by atoms with E-state index < -0.39 is 5.82 Å². The summed E-state index contributed by atoms with van der Waals surface area (Å²) in [6.45, 7) is 0. The van der Waals surface area contributed by atoms with Gasteiger partial charge in [-0.2, -0.15) is 5.10 Å². The van der Waals surface area contributed by atoms with Gasteiger partial charge < -0.3 is 0 Å². The van der Waals surface area contributed by atoms with Crippen LogP contribution in [-0.4, -0.2) is 21.1 Å². The van der Waals surface area contributed by atoms with Crippen molar-refractivity contribution in [3.8, 4) is 11.4 Å². The number of hydrogen-bond donors (Lipinski definition) is 0. The van der Waals surface area contributed by atoms with E-state index in [1.807, 2.05) is 4.68 Å². The van der Waals surface area contributed by atoms with Crippen molar-refractivity contribution in [2.24, 2.45) is 0 Å². The maximum absolute atomic E-state index is 12.9. The van der Waals surface area contributed by atoms with Crippen molar-refractivity contribution in [3.05, 3.63) is 35.9 Å². The molecule has 0 atom stereocenters. The Balaban J connectivity index is 2.00. The Morgan fingerprint density at radius 1 is 1.32 bits per heavy atom. The molecular weight excluding hydrogens is 245 g/mol. The minimum atomic E-state index is -0.397. The van der Waals surface area contributed by atoms with Crippen LogP contribution in [0.1, 0.15) is 42.1 Å². The predicted molar refractivity (Wildman–Crippen MR) is 68.3 cm³/mol. The van der Waals surface area contributed by atoms with Gasteiger partial charge in [0.25, 0.3) is 0 Å². The van der Waals surface area contributed by atoms with Gasteiger partial charge in [0.1, 0.15) is 11.5 Å². The van der Waals surface area contributed by atoms with Crippen LogP contribution in [0.5, 0.6) is 0 Å². The molecule has 0 N–H and O–H groups in total. The molecule has 0 radical (unpaired) electrons. The molecule has 19 heavy (non-hydrogen) atoms. The van der Waals surface area contributed by atoms with Crippen LogP contribution in [0.25, 0.3) is 11.4 Å². The van der Waals surface area contributed by atoms with E-state index in [-0.39, 0.29) is 0 Å². The van der Waals surface area contributed by atoms with Crippen LogP contribution in [0.2, 0.25) is 0 Å². The SMILES string of the molecule is O=Cc1cn(C2CCCC2)nc1-c1ccc(F)cn1. The molecule has 5 heteroatoms. The topological polar surface area (TPSA) is 47.8 Å². The van der Waals surface area contributed by atoms with Gasteiger partial charge in [0.2, 0.25) is 0 Å². The van der Waals surface area contributed by atoms with E-state index in [0.29, 0.717) is 23.0 Å². The smallest absolute Gasteiger partial charge is 0.153 e. The predicted octanol–water partition coefficient (Wildman–Crippen LogP) is 3.01. The van der Waals surface area contributed by atoms with Crippen LogP contribution >= 0.6 is 0 Å². The number of rotatable bonds is 3. The molecular formula is C14H14FN3O. The Hall–Kier alpha value is -2.04. The average Bonchev–Trinajstić information content (AvgIpc) is 3.08. The summed E-state index contributed by atoms with van der Waals surface area (Å²) in [5, 5.41) is 4.46. The molecule has 1 fully saturated rings. The number of nitrogens with zero attached hydrogens (tertiary/aromatic N) is 3. The fourth-order valence-electron chi connectivity index (χ4n) is 2.56. The van der Waals surface area contributed by atoms with Crippen molar-refractivity contribution in [2.45, 2.75) is 31.7 Å². The molecule has 1 aliphatic rings. The third-order valence-electron chi connectivity index (χ3n) is 3.56. The summed E-state index contributed by atoms with van der Waals surface area (Å²) in [7, 11) is 0. The number of hydrogen-bond acceptors (Lipinski definition) is 3. The third-order valence-corrected chi connectivity index (χ3v) is 3.56. The van der Waals surface area contributed by atoms with E-state index in [9.17, 15) is 9.18 Å². The van der Waals surface area contributed by atoms with Gasteiger partial charge in [0.05, 0.1) is 23.5 Å². The van der Waals surface area contributed by atoms with E-state index in [1.165, 1.54) is 18.9 Å². The summed E-state index contributed by atoms with van der Waals surface area (Å²) in [5.41, 5.74) is 1.56. The van der Waals surface area contributed by atoms with Crippen LogP contribution in [0.4, 0.5) is 4.39 Å². The second-order valence-corrected chi connectivity index (χ2v) is 4.83. The standard InChI is InChI=1S/C14H14FN3O/c15-11-5-6-13(16-7-11)14-10(9-19)8-18(17-14)12-3-1-2-4-12/h5-9,12H,1-4H2. The number of carbonyl (C=O) groups excluding carboxylic acids is 1. The van der Waals surface area contributed by atoms with Crippen LogP contribution in [-0.2, 0) is 0 Å². The first-order chi connectivity index (χ1) is 9.28. The molecule has 2 aromatic rings. The number of aromatic nitrogens is 3. The van der Waals surface area contributed by atoms with E-state index in [2.05, 4.69) is 10.1 Å². The first kappa shape index (κ1) is 12.0. The van der Waals surface area contributed by atoms with Crippen molar-refractivity contribution in [2.75, 3.05) is 0 Å². The first-order valence-electron chi connectivity index (χ1n) is 6.44. The highest BCUT2D eigenvalue weighted by molar-refractivity contribution is 5.84. The Morgan fingerprint density at radius 3 is 2.74 bits per heavy atom. The first-order valence-corrected chi connectivity index (χ1v) is 6.44. The molecule has 1 saturated carbocycles. The van der Waals surface area contributed by atoms with Gasteiger partial charge in [-0.3, -0.25) is 14.5 Å². The van der Waals surface area contributed by atoms with E-state index in [0.717, 1.165) is 25.3 Å². The third kappa shape index (κ3) is 2.28. The summed E-state index contributed by atoms with van der Waals surface area (Å²) < 4.78 is 14.7. The van der Waals surface area contributed by atoms with E-state index >= 15 is 0 Å². The highest BCUT2D eigenvalue weighted by Gasteiger charge is 2.20. The van der Waals surface area contributed by atoms with Crippen molar-refractivity contribution in [1.29, 1.82) is 0 Å². The second kappa shape index (κ2) is 4.91. The molecule has 98 valence electrons. The highest BCUT2D eigenvalue weighted by atomic mass is 19.1. The Kier molecular flexibility index (Phi) is 3.11. The molecule has 0 aromatic carbocycles. The summed E-state index contributed by atoms with van der Waals surface area (Å²) in [4.78, 5) is 15.1. The van der Waals surface area contributed by atoms with Crippen molar-refractivity contribution < 1.29 is 9.18 Å². The van der Waals surface area contributed by atoms with Gasteiger partial charge in [-0.25, -0.2) is 4.39 Å². The zero-order chi connectivity index (χ0) is 13.2. The fourth-order valence-corrected chi connectivity index (χ4v) is 2.56. The van der Waals surface area contributed by atoms with Gasteiger partial charge in [-0.1, -0.05) is 12.8 Å². The summed E-state index contributed by atoms with van der Waals surface area (Å²) in [6.07, 6.45) is 8.27. The van der Waals surface area contributed by atoms with Crippen LogP contribution in [0.3, 0.4) is 0 Å².